The molecule has 0 unspecified atom stereocenters. The van der Waals surface area contributed by atoms with Crippen molar-refractivity contribution < 1.29 is 14.3 Å². The van der Waals surface area contributed by atoms with Crippen molar-refractivity contribution >= 4 is 29.2 Å². The Bertz CT molecular complexity index is 895. The van der Waals surface area contributed by atoms with E-state index >= 15 is 0 Å². The van der Waals surface area contributed by atoms with Gasteiger partial charge in [-0.25, -0.2) is 4.79 Å². The highest BCUT2D eigenvalue weighted by molar-refractivity contribution is 6.42. The van der Waals surface area contributed by atoms with Gasteiger partial charge in [0.05, 0.1) is 15.6 Å². The second kappa shape index (κ2) is 8.75. The van der Waals surface area contributed by atoms with Gasteiger partial charge in [0.15, 0.2) is 0 Å². The Morgan fingerprint density at radius 2 is 1.54 bits per heavy atom. The zero-order valence-electron chi connectivity index (χ0n) is 13.8. The van der Waals surface area contributed by atoms with Crippen LogP contribution in [0, 0.1) is 0 Å². The van der Waals surface area contributed by atoms with Gasteiger partial charge in [-0.1, -0.05) is 65.7 Å². The van der Waals surface area contributed by atoms with E-state index in [1.807, 2.05) is 42.5 Å². The standard InChI is InChI=1S/C21H16Cl2O3/c22-19-11-10-15(12-20(19)23)13-26-21(24)18-9-5-4-6-16(18)14-25-17-7-2-1-3-8-17/h1-12H,13-14H2. The summed E-state index contributed by atoms with van der Waals surface area (Å²) in [6.45, 7) is 0.395. The molecule has 3 nitrogen and oxygen atoms in total. The van der Waals surface area contributed by atoms with Crippen LogP contribution >= 0.6 is 23.2 Å². The Morgan fingerprint density at radius 3 is 2.31 bits per heavy atom. The van der Waals surface area contributed by atoms with Crippen LogP contribution in [0.25, 0.3) is 0 Å². The number of ether oxygens (including phenoxy) is 2. The molecule has 0 aliphatic heterocycles. The number of hydrogen-bond donors (Lipinski definition) is 0. The third kappa shape index (κ3) is 4.78. The zero-order chi connectivity index (χ0) is 18.4. The minimum atomic E-state index is -0.414. The molecule has 3 aromatic rings. The van der Waals surface area contributed by atoms with Crippen molar-refractivity contribution in [3.8, 4) is 5.75 Å². The van der Waals surface area contributed by atoms with Crippen molar-refractivity contribution in [2.45, 2.75) is 13.2 Å². The number of rotatable bonds is 6. The lowest BCUT2D eigenvalue weighted by Crippen LogP contribution is -2.10. The molecule has 0 amide bonds. The summed E-state index contributed by atoms with van der Waals surface area (Å²) >= 11 is 11.9. The topological polar surface area (TPSA) is 35.5 Å². The van der Waals surface area contributed by atoms with Gasteiger partial charge in [-0.3, -0.25) is 0 Å². The molecular formula is C21H16Cl2O3. The van der Waals surface area contributed by atoms with E-state index in [0.29, 0.717) is 15.6 Å². The highest BCUT2D eigenvalue weighted by atomic mass is 35.5. The normalized spacial score (nSPS) is 10.4. The summed E-state index contributed by atoms with van der Waals surface area (Å²) in [7, 11) is 0. The van der Waals surface area contributed by atoms with Gasteiger partial charge >= 0.3 is 5.97 Å². The zero-order valence-corrected chi connectivity index (χ0v) is 15.3. The highest BCUT2D eigenvalue weighted by Crippen LogP contribution is 2.23. The van der Waals surface area contributed by atoms with E-state index in [9.17, 15) is 4.79 Å². The fourth-order valence-corrected chi connectivity index (χ4v) is 2.70. The van der Waals surface area contributed by atoms with Crippen LogP contribution in [0.3, 0.4) is 0 Å². The lowest BCUT2D eigenvalue weighted by atomic mass is 10.1. The average Bonchev–Trinajstić information content (AvgIpc) is 2.68. The van der Waals surface area contributed by atoms with Crippen molar-refractivity contribution in [3.05, 3.63) is 99.5 Å². The van der Waals surface area contributed by atoms with E-state index in [1.54, 1.807) is 30.3 Å². The molecule has 0 radical (unpaired) electrons. The number of carbonyl (C=O) groups excluding carboxylic acids is 1. The molecule has 0 aromatic heterocycles. The maximum Gasteiger partial charge on any atom is 0.338 e. The van der Waals surface area contributed by atoms with Crippen LogP contribution in [0.2, 0.25) is 10.0 Å². The van der Waals surface area contributed by atoms with Crippen molar-refractivity contribution in [1.82, 2.24) is 0 Å². The Kier molecular flexibility index (Phi) is 6.16. The number of benzene rings is 3. The van der Waals surface area contributed by atoms with Crippen LogP contribution in [0.1, 0.15) is 21.5 Å². The highest BCUT2D eigenvalue weighted by Gasteiger charge is 2.13. The Balaban J connectivity index is 1.66. The molecule has 0 atom stereocenters. The molecule has 3 aromatic carbocycles. The molecule has 0 N–H and O–H groups in total. The molecule has 5 heteroatoms. The van der Waals surface area contributed by atoms with Crippen LogP contribution in [-0.4, -0.2) is 5.97 Å². The van der Waals surface area contributed by atoms with Crippen LogP contribution < -0.4 is 4.74 Å². The predicted octanol–water partition coefficient (Wildman–Crippen LogP) is 5.93. The molecule has 0 spiro atoms. The monoisotopic (exact) mass is 386 g/mol. The van der Waals surface area contributed by atoms with Gasteiger partial charge in [-0.15, -0.1) is 0 Å². The van der Waals surface area contributed by atoms with Crippen LogP contribution in [-0.2, 0) is 18.0 Å². The average molecular weight is 387 g/mol. The van der Waals surface area contributed by atoms with Crippen molar-refractivity contribution in [1.29, 1.82) is 0 Å². The summed E-state index contributed by atoms with van der Waals surface area (Å²) in [5, 5.41) is 0.891. The molecule has 132 valence electrons. The molecule has 0 bridgehead atoms. The van der Waals surface area contributed by atoms with Crippen LogP contribution in [0.4, 0.5) is 0 Å². The third-order valence-electron chi connectivity index (χ3n) is 3.73. The first kappa shape index (κ1) is 18.3. The Hall–Kier alpha value is -2.49. The summed E-state index contributed by atoms with van der Waals surface area (Å²) in [6.07, 6.45) is 0. The van der Waals surface area contributed by atoms with E-state index in [0.717, 1.165) is 16.9 Å². The number of esters is 1. The maximum atomic E-state index is 12.5. The van der Waals surface area contributed by atoms with Gasteiger partial charge in [0.2, 0.25) is 0 Å². The Morgan fingerprint density at radius 1 is 0.808 bits per heavy atom. The first-order valence-electron chi connectivity index (χ1n) is 8.00. The van der Waals surface area contributed by atoms with E-state index in [1.165, 1.54) is 0 Å². The van der Waals surface area contributed by atoms with Crippen LogP contribution in [0.5, 0.6) is 5.75 Å². The van der Waals surface area contributed by atoms with Gasteiger partial charge in [-0.2, -0.15) is 0 Å². The summed E-state index contributed by atoms with van der Waals surface area (Å²) in [5.41, 5.74) is 2.00. The fourth-order valence-electron chi connectivity index (χ4n) is 2.38. The SMILES string of the molecule is O=C(OCc1ccc(Cl)c(Cl)c1)c1ccccc1COc1ccccc1. The molecule has 3 rings (SSSR count). The number of halogens is 2. The molecule has 0 fully saturated rings. The predicted molar refractivity (Wildman–Crippen MR) is 103 cm³/mol. The smallest absolute Gasteiger partial charge is 0.338 e. The minimum Gasteiger partial charge on any atom is -0.489 e. The number of para-hydroxylation sites is 1. The summed E-state index contributed by atoms with van der Waals surface area (Å²) in [6, 6.07) is 21.8. The third-order valence-corrected chi connectivity index (χ3v) is 4.47. The number of hydrogen-bond acceptors (Lipinski definition) is 3. The van der Waals surface area contributed by atoms with Gasteiger partial charge in [0.25, 0.3) is 0 Å². The molecule has 26 heavy (non-hydrogen) atoms. The number of carbonyl (C=O) groups is 1. The lowest BCUT2D eigenvalue weighted by molar-refractivity contribution is 0.0469. The van der Waals surface area contributed by atoms with Crippen LogP contribution in [0.15, 0.2) is 72.8 Å². The van der Waals surface area contributed by atoms with E-state index in [4.69, 9.17) is 32.7 Å². The van der Waals surface area contributed by atoms with Crippen molar-refractivity contribution in [2.24, 2.45) is 0 Å². The summed E-state index contributed by atoms with van der Waals surface area (Å²) in [5.74, 6) is 0.329. The lowest BCUT2D eigenvalue weighted by Gasteiger charge is -2.11. The van der Waals surface area contributed by atoms with Gasteiger partial charge in [0.1, 0.15) is 19.0 Å². The second-order valence-electron chi connectivity index (χ2n) is 5.58. The van der Waals surface area contributed by atoms with E-state index in [-0.39, 0.29) is 13.2 Å². The van der Waals surface area contributed by atoms with Gasteiger partial charge in [-0.05, 0) is 35.9 Å². The maximum absolute atomic E-state index is 12.5. The largest absolute Gasteiger partial charge is 0.489 e. The van der Waals surface area contributed by atoms with Gasteiger partial charge in [0, 0.05) is 5.56 Å². The fraction of sp³-hybridized carbons (Fsp3) is 0.0952. The molecule has 0 saturated heterocycles. The summed E-state index contributed by atoms with van der Waals surface area (Å²) < 4.78 is 11.1. The van der Waals surface area contributed by atoms with E-state index in [2.05, 4.69) is 0 Å². The molecule has 0 saturated carbocycles. The van der Waals surface area contributed by atoms with Crippen molar-refractivity contribution in [3.63, 3.8) is 0 Å². The molecule has 0 aliphatic carbocycles. The first-order valence-corrected chi connectivity index (χ1v) is 8.76. The second-order valence-corrected chi connectivity index (χ2v) is 6.40. The minimum absolute atomic E-state index is 0.115. The van der Waals surface area contributed by atoms with Gasteiger partial charge < -0.3 is 9.47 Å². The molecule has 0 heterocycles. The quantitative estimate of drug-likeness (QED) is 0.492. The summed E-state index contributed by atoms with van der Waals surface area (Å²) in [4.78, 5) is 12.5. The van der Waals surface area contributed by atoms with E-state index < -0.39 is 5.97 Å². The van der Waals surface area contributed by atoms with Crippen molar-refractivity contribution in [2.75, 3.05) is 0 Å². The first-order chi connectivity index (χ1) is 12.6. The molecule has 0 aliphatic rings. The molecular weight excluding hydrogens is 371 g/mol. The Labute approximate surface area is 162 Å².